The van der Waals surface area contributed by atoms with Crippen LogP contribution in [-0.4, -0.2) is 42.4 Å². The van der Waals surface area contributed by atoms with Crippen molar-refractivity contribution in [1.29, 1.82) is 0 Å². The van der Waals surface area contributed by atoms with E-state index in [2.05, 4.69) is 15.5 Å². The highest BCUT2D eigenvalue weighted by atomic mass is 19.1. The van der Waals surface area contributed by atoms with Gasteiger partial charge in [0.15, 0.2) is 0 Å². The molecule has 1 fully saturated rings. The Bertz CT molecular complexity index is 588. The molecule has 1 aliphatic heterocycles. The fourth-order valence-electron chi connectivity index (χ4n) is 2.70. The number of piperidine rings is 1. The number of hydrogen-bond acceptors (Lipinski definition) is 3. The summed E-state index contributed by atoms with van der Waals surface area (Å²) in [6, 6.07) is 6.29. The predicted octanol–water partition coefficient (Wildman–Crippen LogP) is 2.07. The molecule has 2 N–H and O–H groups in total. The molecule has 5 nitrogen and oxygen atoms in total. The normalized spacial score (nSPS) is 16.5. The number of hydrogen-bond donors (Lipinski definition) is 2. The van der Waals surface area contributed by atoms with Crippen molar-refractivity contribution in [2.75, 3.05) is 19.6 Å². The van der Waals surface area contributed by atoms with Gasteiger partial charge in [-0.25, -0.2) is 4.39 Å². The molecule has 6 heteroatoms. The van der Waals surface area contributed by atoms with Gasteiger partial charge in [0.05, 0.1) is 6.54 Å². The second kappa shape index (κ2) is 8.43. The van der Waals surface area contributed by atoms with E-state index in [-0.39, 0.29) is 29.1 Å². The maximum atomic E-state index is 12.9. The highest BCUT2D eigenvalue weighted by molar-refractivity contribution is 5.81. The fraction of sp³-hybridized carbons (Fsp3) is 0.579. The summed E-state index contributed by atoms with van der Waals surface area (Å²) < 4.78 is 12.9. The third kappa shape index (κ3) is 6.46. The summed E-state index contributed by atoms with van der Waals surface area (Å²) in [4.78, 5) is 26.2. The number of likely N-dealkylation sites (tertiary alicyclic amines) is 1. The summed E-state index contributed by atoms with van der Waals surface area (Å²) in [7, 11) is 0. The van der Waals surface area contributed by atoms with Gasteiger partial charge in [-0.1, -0.05) is 32.9 Å². The summed E-state index contributed by atoms with van der Waals surface area (Å²) in [5.74, 6) is -0.249. The molecule has 2 amide bonds. The SMILES string of the molecule is CC(C)(C)C(=O)NC1CCN(CC(=O)NCc2ccc(F)cc2)CC1. The molecule has 1 aromatic rings. The minimum absolute atomic E-state index is 0.0403. The molecule has 1 heterocycles. The van der Waals surface area contributed by atoms with E-state index in [0.717, 1.165) is 31.5 Å². The van der Waals surface area contributed by atoms with Crippen LogP contribution in [0.15, 0.2) is 24.3 Å². The molecule has 2 rings (SSSR count). The molecule has 0 unspecified atom stereocenters. The Morgan fingerprint density at radius 2 is 1.76 bits per heavy atom. The molecule has 0 spiro atoms. The van der Waals surface area contributed by atoms with E-state index in [0.29, 0.717) is 13.1 Å². The van der Waals surface area contributed by atoms with Crippen LogP contribution in [0.25, 0.3) is 0 Å². The van der Waals surface area contributed by atoms with Gasteiger partial charge in [0, 0.05) is 31.1 Å². The third-order valence-corrected chi connectivity index (χ3v) is 4.37. The summed E-state index contributed by atoms with van der Waals surface area (Å²) in [6.45, 7) is 8.05. The smallest absolute Gasteiger partial charge is 0.234 e. The van der Waals surface area contributed by atoms with Gasteiger partial charge < -0.3 is 10.6 Å². The number of benzene rings is 1. The van der Waals surface area contributed by atoms with Crippen molar-refractivity contribution in [3.63, 3.8) is 0 Å². The first-order valence-corrected chi connectivity index (χ1v) is 8.78. The van der Waals surface area contributed by atoms with Crippen LogP contribution in [0.3, 0.4) is 0 Å². The molecule has 1 aromatic carbocycles. The minimum Gasteiger partial charge on any atom is -0.353 e. The molecule has 1 aliphatic rings. The van der Waals surface area contributed by atoms with Gasteiger partial charge in [-0.2, -0.15) is 0 Å². The molecule has 0 atom stereocenters. The number of halogens is 1. The standard InChI is InChI=1S/C19H28FN3O2/c1-19(2,3)18(25)22-16-8-10-23(11-9-16)13-17(24)21-12-14-4-6-15(20)7-5-14/h4-7,16H,8-13H2,1-3H3,(H,21,24)(H,22,25). The Morgan fingerprint density at radius 1 is 1.16 bits per heavy atom. The van der Waals surface area contributed by atoms with Crippen molar-refractivity contribution >= 4 is 11.8 Å². The van der Waals surface area contributed by atoms with Gasteiger partial charge in [0.1, 0.15) is 5.82 Å². The van der Waals surface area contributed by atoms with E-state index < -0.39 is 0 Å². The Balaban J connectivity index is 1.68. The Labute approximate surface area is 149 Å². The topological polar surface area (TPSA) is 61.4 Å². The quantitative estimate of drug-likeness (QED) is 0.855. The first-order valence-electron chi connectivity index (χ1n) is 8.78. The summed E-state index contributed by atoms with van der Waals surface area (Å²) >= 11 is 0. The van der Waals surface area contributed by atoms with Gasteiger partial charge in [-0.15, -0.1) is 0 Å². The number of carbonyl (C=O) groups is 2. The minimum atomic E-state index is -0.378. The second-order valence-electron chi connectivity index (χ2n) is 7.68. The van der Waals surface area contributed by atoms with E-state index in [4.69, 9.17) is 0 Å². The second-order valence-corrected chi connectivity index (χ2v) is 7.68. The maximum absolute atomic E-state index is 12.9. The number of nitrogens with zero attached hydrogens (tertiary/aromatic N) is 1. The van der Waals surface area contributed by atoms with Crippen molar-refractivity contribution in [2.24, 2.45) is 5.41 Å². The molecule has 0 radical (unpaired) electrons. The Hall–Kier alpha value is -1.95. The monoisotopic (exact) mass is 349 g/mol. The zero-order valence-electron chi connectivity index (χ0n) is 15.3. The molecule has 25 heavy (non-hydrogen) atoms. The van der Waals surface area contributed by atoms with Crippen LogP contribution in [0.4, 0.5) is 4.39 Å². The van der Waals surface area contributed by atoms with Gasteiger partial charge in [-0.3, -0.25) is 14.5 Å². The van der Waals surface area contributed by atoms with Crippen molar-refractivity contribution < 1.29 is 14.0 Å². The summed E-state index contributed by atoms with van der Waals surface area (Å²) in [5.41, 5.74) is 0.496. The van der Waals surface area contributed by atoms with Crippen molar-refractivity contribution in [3.8, 4) is 0 Å². The Kier molecular flexibility index (Phi) is 6.53. The largest absolute Gasteiger partial charge is 0.353 e. The van der Waals surface area contributed by atoms with Crippen LogP contribution in [0.2, 0.25) is 0 Å². The third-order valence-electron chi connectivity index (χ3n) is 4.37. The molecular formula is C19H28FN3O2. The van der Waals surface area contributed by atoms with E-state index in [9.17, 15) is 14.0 Å². The van der Waals surface area contributed by atoms with Crippen LogP contribution in [0, 0.1) is 11.2 Å². The number of nitrogens with one attached hydrogen (secondary N) is 2. The Morgan fingerprint density at radius 3 is 2.32 bits per heavy atom. The lowest BCUT2D eigenvalue weighted by atomic mass is 9.94. The fourth-order valence-corrected chi connectivity index (χ4v) is 2.70. The molecule has 0 aliphatic carbocycles. The van der Waals surface area contributed by atoms with Crippen LogP contribution in [-0.2, 0) is 16.1 Å². The average Bonchev–Trinajstić information content (AvgIpc) is 2.55. The zero-order chi connectivity index (χ0) is 18.4. The molecule has 0 aromatic heterocycles. The van der Waals surface area contributed by atoms with E-state index in [1.807, 2.05) is 20.8 Å². The zero-order valence-corrected chi connectivity index (χ0v) is 15.3. The first-order chi connectivity index (χ1) is 11.7. The van der Waals surface area contributed by atoms with Gasteiger partial charge >= 0.3 is 0 Å². The van der Waals surface area contributed by atoms with Gasteiger partial charge in [-0.05, 0) is 30.5 Å². The first kappa shape index (κ1) is 19.4. The van der Waals surface area contributed by atoms with Crippen LogP contribution in [0.1, 0.15) is 39.2 Å². The highest BCUT2D eigenvalue weighted by Gasteiger charge is 2.26. The van der Waals surface area contributed by atoms with Crippen LogP contribution in [0.5, 0.6) is 0 Å². The lowest BCUT2D eigenvalue weighted by Crippen LogP contribution is -2.49. The van der Waals surface area contributed by atoms with Crippen molar-refractivity contribution in [1.82, 2.24) is 15.5 Å². The molecular weight excluding hydrogens is 321 g/mol. The maximum Gasteiger partial charge on any atom is 0.234 e. The number of carbonyl (C=O) groups excluding carboxylic acids is 2. The van der Waals surface area contributed by atoms with Crippen molar-refractivity contribution in [2.45, 2.75) is 46.2 Å². The molecule has 0 saturated carbocycles. The molecule has 1 saturated heterocycles. The lowest BCUT2D eigenvalue weighted by molar-refractivity contribution is -0.130. The number of amides is 2. The summed E-state index contributed by atoms with van der Waals surface area (Å²) in [5, 5.41) is 5.94. The van der Waals surface area contributed by atoms with Gasteiger partial charge in [0.25, 0.3) is 0 Å². The van der Waals surface area contributed by atoms with Crippen LogP contribution >= 0.6 is 0 Å². The van der Waals surface area contributed by atoms with E-state index >= 15 is 0 Å². The molecule has 138 valence electrons. The average molecular weight is 349 g/mol. The van der Waals surface area contributed by atoms with Gasteiger partial charge in [0.2, 0.25) is 11.8 Å². The molecule has 0 bridgehead atoms. The van der Waals surface area contributed by atoms with Crippen LogP contribution < -0.4 is 10.6 Å². The van der Waals surface area contributed by atoms with E-state index in [1.165, 1.54) is 12.1 Å². The lowest BCUT2D eigenvalue weighted by Gasteiger charge is -2.33. The van der Waals surface area contributed by atoms with Crippen molar-refractivity contribution in [3.05, 3.63) is 35.6 Å². The van der Waals surface area contributed by atoms with E-state index in [1.54, 1.807) is 12.1 Å². The predicted molar refractivity (Wildman–Crippen MR) is 95.3 cm³/mol. The number of rotatable bonds is 5. The summed E-state index contributed by atoms with van der Waals surface area (Å²) in [6.07, 6.45) is 1.71. The highest BCUT2D eigenvalue weighted by Crippen LogP contribution is 2.16.